The zero-order valence-electron chi connectivity index (χ0n) is 13.6. The number of aromatic nitrogens is 2. The van der Waals surface area contributed by atoms with E-state index in [0.717, 1.165) is 39.3 Å². The third-order valence-electron chi connectivity index (χ3n) is 4.33. The van der Waals surface area contributed by atoms with Gasteiger partial charge in [0.15, 0.2) is 5.82 Å². The monoisotopic (exact) mass is 296 g/mol. The number of nitrogens with two attached hydrogens (primary N) is 1. The third kappa shape index (κ3) is 4.76. The van der Waals surface area contributed by atoms with Gasteiger partial charge < -0.3 is 15.0 Å². The fourth-order valence-corrected chi connectivity index (χ4v) is 2.21. The quantitative estimate of drug-likeness (QED) is 0.890. The average molecular weight is 296 g/mol. The van der Waals surface area contributed by atoms with E-state index in [1.807, 2.05) is 0 Å². The molecular formula is C15H28N4O2. The predicted octanol–water partition coefficient (Wildman–Crippen LogP) is 1.63. The van der Waals surface area contributed by atoms with Gasteiger partial charge >= 0.3 is 0 Å². The van der Waals surface area contributed by atoms with Gasteiger partial charge in [0.1, 0.15) is 0 Å². The van der Waals surface area contributed by atoms with Crippen LogP contribution in [0, 0.1) is 11.3 Å². The first-order valence-corrected chi connectivity index (χ1v) is 7.74. The first kappa shape index (κ1) is 16.4. The van der Waals surface area contributed by atoms with Crippen LogP contribution in [0.2, 0.25) is 0 Å². The van der Waals surface area contributed by atoms with E-state index in [4.69, 9.17) is 15.0 Å². The molecule has 2 heterocycles. The van der Waals surface area contributed by atoms with E-state index >= 15 is 0 Å². The zero-order valence-corrected chi connectivity index (χ0v) is 13.6. The minimum atomic E-state index is -0.203. The Morgan fingerprint density at radius 1 is 1.29 bits per heavy atom. The first-order chi connectivity index (χ1) is 9.86. The van der Waals surface area contributed by atoms with Crippen molar-refractivity contribution in [2.45, 2.75) is 40.2 Å². The molecule has 2 unspecified atom stereocenters. The fraction of sp³-hybridized carbons (Fsp3) is 0.867. The smallest absolute Gasteiger partial charge is 0.226 e. The summed E-state index contributed by atoms with van der Waals surface area (Å²) in [5.41, 5.74) is 6.42. The lowest BCUT2D eigenvalue weighted by atomic mass is 9.80. The lowest BCUT2D eigenvalue weighted by Gasteiger charge is -2.28. The van der Waals surface area contributed by atoms with Crippen molar-refractivity contribution in [2.75, 3.05) is 32.8 Å². The molecule has 1 aromatic rings. The van der Waals surface area contributed by atoms with Gasteiger partial charge in [-0.15, -0.1) is 0 Å². The molecule has 6 nitrogen and oxygen atoms in total. The topological polar surface area (TPSA) is 77.4 Å². The minimum Gasteiger partial charge on any atom is -0.379 e. The highest BCUT2D eigenvalue weighted by atomic mass is 16.5. The maximum atomic E-state index is 6.19. The highest BCUT2D eigenvalue weighted by molar-refractivity contribution is 4.95. The Bertz CT molecular complexity index is 435. The summed E-state index contributed by atoms with van der Waals surface area (Å²) in [5.74, 6) is 1.77. The molecular weight excluding hydrogens is 268 g/mol. The van der Waals surface area contributed by atoms with Crippen molar-refractivity contribution in [3.8, 4) is 0 Å². The molecule has 0 radical (unpaired) electrons. The van der Waals surface area contributed by atoms with Crippen LogP contribution in [-0.4, -0.2) is 47.9 Å². The predicted molar refractivity (Wildman–Crippen MR) is 80.8 cm³/mol. The number of hydrogen-bond donors (Lipinski definition) is 1. The maximum absolute atomic E-state index is 6.19. The number of ether oxygens (including phenoxy) is 1. The van der Waals surface area contributed by atoms with E-state index in [-0.39, 0.29) is 11.5 Å². The molecule has 0 bridgehead atoms. The van der Waals surface area contributed by atoms with Crippen LogP contribution >= 0.6 is 0 Å². The summed E-state index contributed by atoms with van der Waals surface area (Å²) >= 11 is 0. The molecule has 2 atom stereocenters. The van der Waals surface area contributed by atoms with Crippen molar-refractivity contribution in [3.05, 3.63) is 11.7 Å². The van der Waals surface area contributed by atoms with Crippen molar-refractivity contribution >= 4 is 0 Å². The Balaban J connectivity index is 1.89. The van der Waals surface area contributed by atoms with Crippen LogP contribution < -0.4 is 5.73 Å². The molecule has 21 heavy (non-hydrogen) atoms. The summed E-state index contributed by atoms with van der Waals surface area (Å²) in [7, 11) is 0. The second kappa shape index (κ2) is 6.85. The minimum absolute atomic E-state index is 0.203. The Morgan fingerprint density at radius 2 is 1.95 bits per heavy atom. The van der Waals surface area contributed by atoms with Crippen LogP contribution in [-0.2, 0) is 11.2 Å². The average Bonchev–Trinajstić information content (AvgIpc) is 2.87. The normalized spacial score (nSPS) is 20.4. The van der Waals surface area contributed by atoms with E-state index in [1.165, 1.54) is 0 Å². The van der Waals surface area contributed by atoms with Gasteiger partial charge in [-0.1, -0.05) is 32.9 Å². The van der Waals surface area contributed by atoms with Gasteiger partial charge in [-0.05, 0) is 11.3 Å². The van der Waals surface area contributed by atoms with Crippen molar-refractivity contribution in [1.82, 2.24) is 15.0 Å². The molecule has 1 aromatic heterocycles. The number of morpholine rings is 1. The second-order valence-corrected chi connectivity index (χ2v) is 7.04. The van der Waals surface area contributed by atoms with Crippen LogP contribution in [0.5, 0.6) is 0 Å². The van der Waals surface area contributed by atoms with Gasteiger partial charge in [0.05, 0.1) is 19.3 Å². The summed E-state index contributed by atoms with van der Waals surface area (Å²) in [4.78, 5) is 6.75. The van der Waals surface area contributed by atoms with E-state index in [1.54, 1.807) is 0 Å². The van der Waals surface area contributed by atoms with Crippen LogP contribution in [0.25, 0.3) is 0 Å². The Hall–Kier alpha value is -0.980. The van der Waals surface area contributed by atoms with E-state index in [0.29, 0.717) is 17.6 Å². The van der Waals surface area contributed by atoms with Gasteiger partial charge in [-0.2, -0.15) is 4.98 Å². The molecule has 2 N–H and O–H groups in total. The van der Waals surface area contributed by atoms with Crippen molar-refractivity contribution in [1.29, 1.82) is 0 Å². The van der Waals surface area contributed by atoms with E-state index in [2.05, 4.69) is 42.7 Å². The van der Waals surface area contributed by atoms with E-state index < -0.39 is 0 Å². The van der Waals surface area contributed by atoms with Crippen molar-refractivity contribution in [3.63, 3.8) is 0 Å². The second-order valence-electron chi connectivity index (χ2n) is 7.04. The maximum Gasteiger partial charge on any atom is 0.226 e. The summed E-state index contributed by atoms with van der Waals surface area (Å²) in [5, 5.41) is 4.05. The number of rotatable bonds is 5. The summed E-state index contributed by atoms with van der Waals surface area (Å²) in [6.07, 6.45) is 0.792. The van der Waals surface area contributed by atoms with E-state index in [9.17, 15) is 0 Å². The van der Waals surface area contributed by atoms with Gasteiger partial charge in [0, 0.05) is 26.1 Å². The molecule has 6 heteroatoms. The Kier molecular flexibility index (Phi) is 5.35. The highest BCUT2D eigenvalue weighted by Crippen LogP contribution is 2.28. The van der Waals surface area contributed by atoms with Gasteiger partial charge in [-0.25, -0.2) is 0 Å². The number of nitrogens with zero attached hydrogens (tertiary/aromatic N) is 3. The molecule has 2 rings (SSSR count). The van der Waals surface area contributed by atoms with Gasteiger partial charge in [0.2, 0.25) is 5.89 Å². The molecule has 1 saturated heterocycles. The fourth-order valence-electron chi connectivity index (χ4n) is 2.21. The SMILES string of the molecule is CC(Cc1nc(C(N)CN2CCOCC2)no1)C(C)(C)C. The van der Waals surface area contributed by atoms with Crippen LogP contribution in [0.15, 0.2) is 4.52 Å². The molecule has 0 aliphatic carbocycles. The Morgan fingerprint density at radius 3 is 2.57 bits per heavy atom. The molecule has 1 aliphatic rings. The standard InChI is InChI=1S/C15H28N4O2/c1-11(15(2,3)4)9-13-17-14(18-21-13)12(16)10-19-5-7-20-8-6-19/h11-12H,5-10,16H2,1-4H3. The number of hydrogen-bond acceptors (Lipinski definition) is 6. The molecule has 0 saturated carbocycles. The molecule has 0 aromatic carbocycles. The molecule has 120 valence electrons. The van der Waals surface area contributed by atoms with Crippen molar-refractivity contribution < 1.29 is 9.26 Å². The summed E-state index contributed by atoms with van der Waals surface area (Å²) in [6, 6.07) is -0.203. The highest BCUT2D eigenvalue weighted by Gasteiger charge is 2.24. The molecule has 1 fully saturated rings. The van der Waals surface area contributed by atoms with Crippen LogP contribution in [0.1, 0.15) is 45.5 Å². The van der Waals surface area contributed by atoms with Gasteiger partial charge in [-0.3, -0.25) is 4.90 Å². The van der Waals surface area contributed by atoms with Crippen LogP contribution in [0.3, 0.4) is 0 Å². The molecule has 1 aliphatic heterocycles. The Labute approximate surface area is 127 Å². The lowest BCUT2D eigenvalue weighted by molar-refractivity contribution is 0.0348. The lowest BCUT2D eigenvalue weighted by Crippen LogP contribution is -2.40. The third-order valence-corrected chi connectivity index (χ3v) is 4.33. The van der Waals surface area contributed by atoms with Crippen LogP contribution in [0.4, 0.5) is 0 Å². The molecule has 0 spiro atoms. The first-order valence-electron chi connectivity index (χ1n) is 7.74. The zero-order chi connectivity index (χ0) is 15.5. The largest absolute Gasteiger partial charge is 0.379 e. The molecule has 0 amide bonds. The van der Waals surface area contributed by atoms with Crippen molar-refractivity contribution in [2.24, 2.45) is 17.1 Å². The summed E-state index contributed by atoms with van der Waals surface area (Å²) < 4.78 is 10.7. The van der Waals surface area contributed by atoms with Gasteiger partial charge in [0.25, 0.3) is 0 Å². The summed E-state index contributed by atoms with van der Waals surface area (Å²) in [6.45, 7) is 13.0.